The first kappa shape index (κ1) is 18.9. The number of hydrogen-bond donors (Lipinski definition) is 1. The standard InChI is InChI=1S/C22H37N3/c1-17(2)20-5-7-21(8-6-20)22(25-14-11-23-15-19(25)4)16-24-12-9-18(3)10-13-24/h5-8,17-19,22-23H,9-16H2,1-4H3. The summed E-state index contributed by atoms with van der Waals surface area (Å²) >= 11 is 0. The summed E-state index contributed by atoms with van der Waals surface area (Å²) in [5.74, 6) is 1.51. The maximum Gasteiger partial charge on any atom is 0.0479 e. The van der Waals surface area contributed by atoms with Gasteiger partial charge in [0.25, 0.3) is 0 Å². The number of piperidine rings is 1. The second kappa shape index (κ2) is 8.66. The van der Waals surface area contributed by atoms with Crippen molar-refractivity contribution in [2.45, 2.75) is 58.5 Å². The van der Waals surface area contributed by atoms with Crippen molar-refractivity contribution in [2.24, 2.45) is 5.92 Å². The monoisotopic (exact) mass is 343 g/mol. The molecule has 1 aromatic rings. The molecule has 0 bridgehead atoms. The summed E-state index contributed by atoms with van der Waals surface area (Å²) < 4.78 is 0. The summed E-state index contributed by atoms with van der Waals surface area (Å²) in [5.41, 5.74) is 2.94. The Kier molecular flexibility index (Phi) is 6.54. The van der Waals surface area contributed by atoms with Gasteiger partial charge >= 0.3 is 0 Å². The highest BCUT2D eigenvalue weighted by atomic mass is 15.3. The Bertz CT molecular complexity index is 517. The summed E-state index contributed by atoms with van der Waals surface area (Å²) in [5, 5.41) is 3.55. The molecule has 2 aliphatic heterocycles. The predicted molar refractivity (Wildman–Crippen MR) is 107 cm³/mol. The molecule has 3 nitrogen and oxygen atoms in total. The first-order chi connectivity index (χ1) is 12.0. The highest BCUT2D eigenvalue weighted by molar-refractivity contribution is 5.27. The molecule has 0 spiro atoms. The topological polar surface area (TPSA) is 18.5 Å². The van der Waals surface area contributed by atoms with E-state index in [4.69, 9.17) is 0 Å². The van der Waals surface area contributed by atoms with Crippen LogP contribution in [-0.4, -0.2) is 55.1 Å². The second-order valence-corrected chi connectivity index (χ2v) is 8.61. The van der Waals surface area contributed by atoms with Gasteiger partial charge in [-0.3, -0.25) is 4.90 Å². The predicted octanol–water partition coefficient (Wildman–Crippen LogP) is 3.88. The van der Waals surface area contributed by atoms with Gasteiger partial charge in [0.05, 0.1) is 0 Å². The van der Waals surface area contributed by atoms with Crippen LogP contribution in [0.2, 0.25) is 0 Å². The second-order valence-electron chi connectivity index (χ2n) is 8.61. The maximum absolute atomic E-state index is 3.55. The van der Waals surface area contributed by atoms with Crippen molar-refractivity contribution in [1.29, 1.82) is 0 Å². The number of likely N-dealkylation sites (tertiary alicyclic amines) is 1. The lowest BCUT2D eigenvalue weighted by molar-refractivity contribution is 0.0725. The molecule has 0 radical (unpaired) electrons. The van der Waals surface area contributed by atoms with E-state index < -0.39 is 0 Å². The van der Waals surface area contributed by atoms with E-state index >= 15 is 0 Å². The molecule has 1 N–H and O–H groups in total. The van der Waals surface area contributed by atoms with Crippen LogP contribution in [0.15, 0.2) is 24.3 Å². The molecule has 0 aliphatic carbocycles. The van der Waals surface area contributed by atoms with Gasteiger partial charge in [0, 0.05) is 38.3 Å². The molecule has 0 aromatic heterocycles. The van der Waals surface area contributed by atoms with Crippen LogP contribution in [0.4, 0.5) is 0 Å². The SMILES string of the molecule is CC1CCN(CC(c2ccc(C(C)C)cc2)N2CCNCC2C)CC1. The molecule has 3 heteroatoms. The molecule has 2 fully saturated rings. The lowest BCUT2D eigenvalue weighted by atomic mass is 9.95. The molecule has 140 valence electrons. The van der Waals surface area contributed by atoms with Gasteiger partial charge in [-0.2, -0.15) is 0 Å². The van der Waals surface area contributed by atoms with E-state index in [1.54, 1.807) is 0 Å². The van der Waals surface area contributed by atoms with Crippen LogP contribution in [0.1, 0.15) is 63.6 Å². The van der Waals surface area contributed by atoms with Gasteiger partial charge < -0.3 is 10.2 Å². The first-order valence-corrected chi connectivity index (χ1v) is 10.3. The number of nitrogens with zero attached hydrogens (tertiary/aromatic N) is 2. The van der Waals surface area contributed by atoms with E-state index in [2.05, 4.69) is 67.1 Å². The Hall–Kier alpha value is -0.900. The lowest BCUT2D eigenvalue weighted by Gasteiger charge is -2.43. The fourth-order valence-electron chi connectivity index (χ4n) is 4.31. The van der Waals surface area contributed by atoms with E-state index in [0.717, 1.165) is 25.6 Å². The number of benzene rings is 1. The number of rotatable bonds is 5. The van der Waals surface area contributed by atoms with Crippen molar-refractivity contribution in [2.75, 3.05) is 39.3 Å². The molecule has 2 heterocycles. The van der Waals surface area contributed by atoms with Crippen molar-refractivity contribution in [3.8, 4) is 0 Å². The molecular formula is C22H37N3. The van der Waals surface area contributed by atoms with Crippen LogP contribution in [0.5, 0.6) is 0 Å². The summed E-state index contributed by atoms with van der Waals surface area (Å²) in [6.07, 6.45) is 2.71. The van der Waals surface area contributed by atoms with Gasteiger partial charge in [0.2, 0.25) is 0 Å². The third kappa shape index (κ3) is 4.84. The van der Waals surface area contributed by atoms with Crippen molar-refractivity contribution < 1.29 is 0 Å². The molecule has 2 saturated heterocycles. The number of piperazine rings is 1. The Labute approximate surface area is 154 Å². The van der Waals surface area contributed by atoms with E-state index in [-0.39, 0.29) is 0 Å². The highest BCUT2D eigenvalue weighted by Crippen LogP contribution is 2.28. The largest absolute Gasteiger partial charge is 0.314 e. The van der Waals surface area contributed by atoms with Crippen LogP contribution < -0.4 is 5.32 Å². The highest BCUT2D eigenvalue weighted by Gasteiger charge is 2.29. The van der Waals surface area contributed by atoms with Gasteiger partial charge in [-0.05, 0) is 55.8 Å². The zero-order chi connectivity index (χ0) is 17.8. The third-order valence-corrected chi connectivity index (χ3v) is 6.25. The minimum absolute atomic E-state index is 0.520. The molecule has 25 heavy (non-hydrogen) atoms. The summed E-state index contributed by atoms with van der Waals surface area (Å²) in [6.45, 7) is 16.4. The lowest BCUT2D eigenvalue weighted by Crippen LogP contribution is -2.53. The molecule has 0 saturated carbocycles. The van der Waals surface area contributed by atoms with Gasteiger partial charge in [-0.25, -0.2) is 0 Å². The van der Waals surface area contributed by atoms with E-state index in [9.17, 15) is 0 Å². The number of hydrogen-bond acceptors (Lipinski definition) is 3. The molecular weight excluding hydrogens is 306 g/mol. The summed E-state index contributed by atoms with van der Waals surface area (Å²) in [4.78, 5) is 5.44. The molecule has 1 aromatic carbocycles. The smallest absolute Gasteiger partial charge is 0.0479 e. The van der Waals surface area contributed by atoms with E-state index in [1.807, 2.05) is 0 Å². The fraction of sp³-hybridized carbons (Fsp3) is 0.727. The average Bonchev–Trinajstić information content (AvgIpc) is 2.62. The quantitative estimate of drug-likeness (QED) is 0.875. The van der Waals surface area contributed by atoms with Crippen LogP contribution in [-0.2, 0) is 0 Å². The van der Waals surface area contributed by atoms with Crippen LogP contribution >= 0.6 is 0 Å². The van der Waals surface area contributed by atoms with E-state index in [0.29, 0.717) is 18.0 Å². The number of nitrogens with one attached hydrogen (secondary N) is 1. The zero-order valence-corrected chi connectivity index (χ0v) is 16.7. The minimum atomic E-state index is 0.520. The van der Waals surface area contributed by atoms with Gasteiger partial charge in [0.1, 0.15) is 0 Å². The van der Waals surface area contributed by atoms with Gasteiger partial charge in [0.15, 0.2) is 0 Å². The van der Waals surface area contributed by atoms with Crippen molar-refractivity contribution in [3.63, 3.8) is 0 Å². The van der Waals surface area contributed by atoms with Crippen LogP contribution in [0, 0.1) is 5.92 Å². The van der Waals surface area contributed by atoms with Gasteiger partial charge in [-0.1, -0.05) is 45.0 Å². The Morgan fingerprint density at radius 2 is 1.64 bits per heavy atom. The zero-order valence-electron chi connectivity index (χ0n) is 16.7. The molecule has 2 atom stereocenters. The van der Waals surface area contributed by atoms with Crippen LogP contribution in [0.25, 0.3) is 0 Å². The van der Waals surface area contributed by atoms with Crippen molar-refractivity contribution in [3.05, 3.63) is 35.4 Å². The fourth-order valence-corrected chi connectivity index (χ4v) is 4.31. The van der Waals surface area contributed by atoms with Gasteiger partial charge in [-0.15, -0.1) is 0 Å². The Balaban J connectivity index is 1.78. The molecule has 3 rings (SSSR count). The van der Waals surface area contributed by atoms with E-state index in [1.165, 1.54) is 43.6 Å². The average molecular weight is 344 g/mol. The molecule has 2 unspecified atom stereocenters. The first-order valence-electron chi connectivity index (χ1n) is 10.3. The summed E-state index contributed by atoms with van der Waals surface area (Å²) in [6, 6.07) is 10.6. The normalized spacial score (nSPS) is 25.4. The molecule has 2 aliphatic rings. The maximum atomic E-state index is 3.55. The summed E-state index contributed by atoms with van der Waals surface area (Å²) in [7, 11) is 0. The van der Waals surface area contributed by atoms with Crippen molar-refractivity contribution >= 4 is 0 Å². The Morgan fingerprint density at radius 1 is 1.00 bits per heavy atom. The minimum Gasteiger partial charge on any atom is -0.314 e. The molecule has 0 amide bonds. The van der Waals surface area contributed by atoms with Crippen molar-refractivity contribution in [1.82, 2.24) is 15.1 Å². The third-order valence-electron chi connectivity index (χ3n) is 6.25. The van der Waals surface area contributed by atoms with Crippen LogP contribution in [0.3, 0.4) is 0 Å². The Morgan fingerprint density at radius 3 is 2.24 bits per heavy atom.